The summed E-state index contributed by atoms with van der Waals surface area (Å²) in [6, 6.07) is 11.7. The van der Waals surface area contributed by atoms with Crippen LogP contribution in [-0.2, 0) is 0 Å². The maximum Gasteiger partial charge on any atom is 0.233 e. The van der Waals surface area contributed by atoms with Crippen LogP contribution in [0.1, 0.15) is 11.8 Å². The molecule has 0 saturated carbocycles. The Morgan fingerprint density at radius 3 is 2.71 bits per heavy atom. The van der Waals surface area contributed by atoms with Gasteiger partial charge in [-0.2, -0.15) is 4.98 Å². The third kappa shape index (κ3) is 2.24. The number of aromatic nitrogens is 4. The lowest BCUT2D eigenvalue weighted by atomic mass is 10.0. The molecule has 0 atom stereocenters. The van der Waals surface area contributed by atoms with Gasteiger partial charge in [0.05, 0.1) is 5.92 Å². The second kappa shape index (κ2) is 4.97. The van der Waals surface area contributed by atoms with Gasteiger partial charge in [0.25, 0.3) is 0 Å². The first-order valence-corrected chi connectivity index (χ1v) is 6.80. The number of anilines is 1. The highest BCUT2D eigenvalue weighted by Crippen LogP contribution is 2.30. The molecule has 0 unspecified atom stereocenters. The summed E-state index contributed by atoms with van der Waals surface area (Å²) in [5.41, 5.74) is 0.972. The maximum absolute atomic E-state index is 5.39. The van der Waals surface area contributed by atoms with Crippen molar-refractivity contribution in [1.82, 2.24) is 20.1 Å². The van der Waals surface area contributed by atoms with Crippen LogP contribution < -0.4 is 4.90 Å². The zero-order chi connectivity index (χ0) is 14.1. The number of rotatable bonds is 3. The Morgan fingerprint density at radius 1 is 1.10 bits per heavy atom. The normalized spacial score (nSPS) is 15.0. The topological polar surface area (TPSA) is 67.9 Å². The minimum atomic E-state index is 0.268. The first-order chi connectivity index (χ1) is 10.4. The fourth-order valence-corrected chi connectivity index (χ4v) is 2.40. The van der Waals surface area contributed by atoms with E-state index >= 15 is 0 Å². The first-order valence-electron chi connectivity index (χ1n) is 6.80. The van der Waals surface area contributed by atoms with Crippen molar-refractivity contribution in [2.75, 3.05) is 18.0 Å². The molecule has 1 aliphatic heterocycles. The van der Waals surface area contributed by atoms with E-state index in [1.165, 1.54) is 0 Å². The Bertz CT molecular complexity index is 722. The lowest BCUT2D eigenvalue weighted by molar-refractivity contribution is 0.328. The smallest absolute Gasteiger partial charge is 0.233 e. The molecule has 1 saturated heterocycles. The number of nitrogens with zero attached hydrogens (tertiary/aromatic N) is 5. The molecule has 0 amide bonds. The summed E-state index contributed by atoms with van der Waals surface area (Å²) in [4.78, 5) is 14.8. The van der Waals surface area contributed by atoms with E-state index in [2.05, 4.69) is 25.0 Å². The average molecular weight is 279 g/mol. The molecule has 0 radical (unpaired) electrons. The molecule has 0 aliphatic carbocycles. The van der Waals surface area contributed by atoms with Gasteiger partial charge in [0.1, 0.15) is 12.1 Å². The quantitative estimate of drug-likeness (QED) is 0.731. The second-order valence-electron chi connectivity index (χ2n) is 4.99. The van der Waals surface area contributed by atoms with Crippen LogP contribution in [0.5, 0.6) is 0 Å². The molecule has 0 bridgehead atoms. The van der Waals surface area contributed by atoms with Crippen LogP contribution in [0, 0.1) is 0 Å². The van der Waals surface area contributed by atoms with E-state index in [1.807, 2.05) is 36.4 Å². The summed E-state index contributed by atoms with van der Waals surface area (Å²) in [6.45, 7) is 1.68. The molecule has 0 N–H and O–H groups in total. The van der Waals surface area contributed by atoms with E-state index in [9.17, 15) is 0 Å². The minimum absolute atomic E-state index is 0.268. The molecule has 6 nitrogen and oxygen atoms in total. The largest absolute Gasteiger partial charge is 0.355 e. The molecule has 1 fully saturated rings. The summed E-state index contributed by atoms with van der Waals surface area (Å²) in [7, 11) is 0. The molecule has 1 aromatic carbocycles. The van der Waals surface area contributed by atoms with Gasteiger partial charge in [-0.15, -0.1) is 0 Å². The number of hydrogen-bond acceptors (Lipinski definition) is 6. The van der Waals surface area contributed by atoms with Crippen LogP contribution in [0.2, 0.25) is 0 Å². The second-order valence-corrected chi connectivity index (χ2v) is 4.99. The molecule has 104 valence electrons. The van der Waals surface area contributed by atoms with Crippen molar-refractivity contribution >= 4 is 5.82 Å². The van der Waals surface area contributed by atoms with Gasteiger partial charge in [-0.25, -0.2) is 9.97 Å². The molecule has 21 heavy (non-hydrogen) atoms. The fraction of sp³-hybridized carbons (Fsp3) is 0.200. The third-order valence-electron chi connectivity index (χ3n) is 3.59. The molecule has 2 aromatic heterocycles. The summed E-state index contributed by atoms with van der Waals surface area (Å²) < 4.78 is 5.39. The highest BCUT2D eigenvalue weighted by atomic mass is 16.5. The SMILES string of the molecule is c1ccc(-c2noc(C3CN(c4ccncn4)C3)n2)cc1. The van der Waals surface area contributed by atoms with Crippen molar-refractivity contribution in [2.24, 2.45) is 0 Å². The Kier molecular flexibility index (Phi) is 2.85. The standard InChI is InChI=1S/C15H13N5O/c1-2-4-11(5-3-1)14-18-15(21-19-14)12-8-20(9-12)13-6-7-16-10-17-13/h1-7,10,12H,8-9H2. The van der Waals surface area contributed by atoms with Crippen LogP contribution in [0.3, 0.4) is 0 Å². The molecule has 3 heterocycles. The van der Waals surface area contributed by atoms with Gasteiger partial charge in [-0.05, 0) is 6.07 Å². The molecule has 1 aliphatic rings. The molecule has 3 aromatic rings. The average Bonchev–Trinajstić information content (AvgIpc) is 2.97. The van der Waals surface area contributed by atoms with Gasteiger partial charge in [0, 0.05) is 24.8 Å². The van der Waals surface area contributed by atoms with E-state index in [-0.39, 0.29) is 5.92 Å². The van der Waals surface area contributed by atoms with Crippen molar-refractivity contribution < 1.29 is 4.52 Å². The van der Waals surface area contributed by atoms with Gasteiger partial charge in [0.15, 0.2) is 0 Å². The number of benzene rings is 1. The lowest BCUT2D eigenvalue weighted by Gasteiger charge is -2.37. The molecular weight excluding hydrogens is 266 g/mol. The van der Waals surface area contributed by atoms with E-state index in [0.717, 1.165) is 24.5 Å². The van der Waals surface area contributed by atoms with Crippen molar-refractivity contribution in [3.8, 4) is 11.4 Å². The van der Waals surface area contributed by atoms with Crippen LogP contribution in [0.4, 0.5) is 5.82 Å². The van der Waals surface area contributed by atoms with E-state index in [0.29, 0.717) is 11.7 Å². The highest BCUT2D eigenvalue weighted by Gasteiger charge is 2.33. The predicted molar refractivity (Wildman–Crippen MR) is 76.7 cm³/mol. The predicted octanol–water partition coefficient (Wildman–Crippen LogP) is 2.13. The van der Waals surface area contributed by atoms with Crippen LogP contribution in [-0.4, -0.2) is 33.2 Å². The van der Waals surface area contributed by atoms with Crippen LogP contribution in [0.25, 0.3) is 11.4 Å². The van der Waals surface area contributed by atoms with Gasteiger partial charge < -0.3 is 9.42 Å². The highest BCUT2D eigenvalue weighted by molar-refractivity contribution is 5.53. The summed E-state index contributed by atoms with van der Waals surface area (Å²) in [5, 5.41) is 4.06. The van der Waals surface area contributed by atoms with E-state index < -0.39 is 0 Å². The van der Waals surface area contributed by atoms with Gasteiger partial charge in [0.2, 0.25) is 11.7 Å². The summed E-state index contributed by atoms with van der Waals surface area (Å²) in [6.07, 6.45) is 3.30. The third-order valence-corrected chi connectivity index (χ3v) is 3.59. The van der Waals surface area contributed by atoms with Crippen molar-refractivity contribution in [3.63, 3.8) is 0 Å². The van der Waals surface area contributed by atoms with Gasteiger partial charge in [-0.1, -0.05) is 35.5 Å². The van der Waals surface area contributed by atoms with Crippen LogP contribution >= 0.6 is 0 Å². The molecule has 4 rings (SSSR count). The summed E-state index contributed by atoms with van der Waals surface area (Å²) >= 11 is 0. The monoisotopic (exact) mass is 279 g/mol. The zero-order valence-electron chi connectivity index (χ0n) is 11.3. The van der Waals surface area contributed by atoms with E-state index in [1.54, 1.807) is 12.5 Å². The van der Waals surface area contributed by atoms with Crippen molar-refractivity contribution in [3.05, 3.63) is 54.8 Å². The Labute approximate surface area is 121 Å². The maximum atomic E-state index is 5.39. The lowest BCUT2D eigenvalue weighted by Crippen LogP contribution is -2.45. The van der Waals surface area contributed by atoms with Crippen molar-refractivity contribution in [1.29, 1.82) is 0 Å². The van der Waals surface area contributed by atoms with Gasteiger partial charge in [-0.3, -0.25) is 0 Å². The van der Waals surface area contributed by atoms with Gasteiger partial charge >= 0.3 is 0 Å². The van der Waals surface area contributed by atoms with E-state index in [4.69, 9.17) is 4.52 Å². The van der Waals surface area contributed by atoms with Crippen molar-refractivity contribution in [2.45, 2.75) is 5.92 Å². The first kappa shape index (κ1) is 12.0. The molecule has 6 heteroatoms. The Balaban J connectivity index is 1.47. The Morgan fingerprint density at radius 2 is 1.95 bits per heavy atom. The molecular formula is C15H13N5O. The zero-order valence-corrected chi connectivity index (χ0v) is 11.3. The fourth-order valence-electron chi connectivity index (χ4n) is 2.40. The molecule has 0 spiro atoms. The number of hydrogen-bond donors (Lipinski definition) is 0. The Hall–Kier alpha value is -2.76. The van der Waals surface area contributed by atoms with Crippen LogP contribution in [0.15, 0.2) is 53.4 Å². The minimum Gasteiger partial charge on any atom is -0.355 e. The summed E-state index contributed by atoms with van der Waals surface area (Å²) in [5.74, 6) is 2.54.